The van der Waals surface area contributed by atoms with Gasteiger partial charge in [-0.15, -0.1) is 0 Å². The van der Waals surface area contributed by atoms with Crippen molar-refractivity contribution in [3.8, 4) is 5.88 Å². The van der Waals surface area contributed by atoms with Crippen molar-refractivity contribution in [2.24, 2.45) is 0 Å². The van der Waals surface area contributed by atoms with Crippen LogP contribution < -0.4 is 4.74 Å². The van der Waals surface area contributed by atoms with Gasteiger partial charge in [0.1, 0.15) is 5.92 Å². The van der Waals surface area contributed by atoms with Crippen LogP contribution in [0.4, 0.5) is 0 Å². The van der Waals surface area contributed by atoms with Gasteiger partial charge in [-0.25, -0.2) is 4.98 Å². The topological polar surface area (TPSA) is 72.3 Å². The van der Waals surface area contributed by atoms with Crippen molar-refractivity contribution < 1.29 is 14.6 Å². The van der Waals surface area contributed by atoms with Crippen molar-refractivity contribution in [3.63, 3.8) is 0 Å². The van der Waals surface area contributed by atoms with Gasteiger partial charge in [0, 0.05) is 6.20 Å². The van der Waals surface area contributed by atoms with E-state index in [0.717, 1.165) is 5.56 Å². The van der Waals surface area contributed by atoms with Crippen molar-refractivity contribution in [1.82, 2.24) is 9.97 Å². The SMILES string of the molecule is COc1cncc(C(Cc2ccccc2)C(=O)O)n1. The molecule has 0 aliphatic carbocycles. The third kappa shape index (κ3) is 3.28. The van der Waals surface area contributed by atoms with E-state index >= 15 is 0 Å². The lowest BCUT2D eigenvalue weighted by atomic mass is 9.96. The second-order valence-corrected chi connectivity index (χ2v) is 4.07. The largest absolute Gasteiger partial charge is 0.481 e. The molecule has 98 valence electrons. The van der Waals surface area contributed by atoms with Gasteiger partial charge in [-0.1, -0.05) is 30.3 Å². The van der Waals surface area contributed by atoms with Crippen molar-refractivity contribution in [1.29, 1.82) is 0 Å². The predicted octanol–water partition coefficient (Wildman–Crippen LogP) is 1.90. The van der Waals surface area contributed by atoms with Gasteiger partial charge in [-0.2, -0.15) is 0 Å². The van der Waals surface area contributed by atoms with E-state index in [9.17, 15) is 9.90 Å². The predicted molar refractivity (Wildman–Crippen MR) is 69.1 cm³/mol. The summed E-state index contributed by atoms with van der Waals surface area (Å²) in [7, 11) is 1.47. The van der Waals surface area contributed by atoms with Crippen LogP contribution >= 0.6 is 0 Å². The minimum absolute atomic E-state index is 0.316. The van der Waals surface area contributed by atoms with Crippen LogP contribution in [0.25, 0.3) is 0 Å². The summed E-state index contributed by atoms with van der Waals surface area (Å²) in [5.74, 6) is -1.34. The lowest BCUT2D eigenvalue weighted by Gasteiger charge is -2.12. The number of ether oxygens (including phenoxy) is 1. The number of benzene rings is 1. The Morgan fingerprint density at radius 1 is 1.32 bits per heavy atom. The number of hydrogen-bond donors (Lipinski definition) is 1. The quantitative estimate of drug-likeness (QED) is 0.886. The van der Waals surface area contributed by atoms with Crippen LogP contribution in [0.15, 0.2) is 42.7 Å². The van der Waals surface area contributed by atoms with E-state index in [2.05, 4.69) is 9.97 Å². The zero-order valence-electron chi connectivity index (χ0n) is 10.5. The number of rotatable bonds is 5. The van der Waals surface area contributed by atoms with Crippen LogP contribution in [0, 0.1) is 0 Å². The van der Waals surface area contributed by atoms with Gasteiger partial charge in [-0.05, 0) is 12.0 Å². The Kier molecular flexibility index (Phi) is 4.07. The summed E-state index contributed by atoms with van der Waals surface area (Å²) in [6.45, 7) is 0. The Hall–Kier alpha value is -2.43. The van der Waals surface area contributed by atoms with Crippen molar-refractivity contribution in [3.05, 3.63) is 54.0 Å². The van der Waals surface area contributed by atoms with E-state index in [1.807, 2.05) is 30.3 Å². The fourth-order valence-electron chi connectivity index (χ4n) is 1.80. The van der Waals surface area contributed by atoms with Crippen molar-refractivity contribution in [2.75, 3.05) is 7.11 Å². The number of methoxy groups -OCH3 is 1. The monoisotopic (exact) mass is 258 g/mol. The minimum Gasteiger partial charge on any atom is -0.481 e. The molecule has 1 unspecified atom stereocenters. The molecule has 5 nitrogen and oxygen atoms in total. The molecule has 0 saturated heterocycles. The van der Waals surface area contributed by atoms with Crippen LogP contribution in [0.1, 0.15) is 17.2 Å². The summed E-state index contributed by atoms with van der Waals surface area (Å²) in [4.78, 5) is 19.5. The molecule has 2 rings (SSSR count). The van der Waals surface area contributed by atoms with Crippen LogP contribution in [-0.2, 0) is 11.2 Å². The fourth-order valence-corrected chi connectivity index (χ4v) is 1.80. The molecule has 1 atom stereocenters. The highest BCUT2D eigenvalue weighted by atomic mass is 16.5. The molecule has 0 aliphatic rings. The molecular weight excluding hydrogens is 244 g/mol. The molecule has 2 aromatic rings. The number of carboxylic acids is 1. The first kappa shape index (κ1) is 13.0. The lowest BCUT2D eigenvalue weighted by molar-refractivity contribution is -0.138. The van der Waals surface area contributed by atoms with E-state index in [1.54, 1.807) is 0 Å². The fraction of sp³-hybridized carbons (Fsp3) is 0.214. The number of carboxylic acid groups (broad SMARTS) is 1. The molecule has 0 saturated carbocycles. The Bertz CT molecular complexity index is 558. The molecular formula is C14H14N2O3. The first-order valence-corrected chi connectivity index (χ1v) is 5.83. The van der Waals surface area contributed by atoms with E-state index in [-0.39, 0.29) is 0 Å². The van der Waals surface area contributed by atoms with Crippen LogP contribution in [-0.4, -0.2) is 28.2 Å². The number of aliphatic carboxylic acids is 1. The number of nitrogens with zero attached hydrogens (tertiary/aromatic N) is 2. The molecule has 0 aliphatic heterocycles. The van der Waals surface area contributed by atoms with Gasteiger partial charge in [-0.3, -0.25) is 9.78 Å². The van der Waals surface area contributed by atoms with Crippen LogP contribution in [0.5, 0.6) is 5.88 Å². The Balaban J connectivity index is 2.27. The summed E-state index contributed by atoms with van der Waals surface area (Å²) >= 11 is 0. The average Bonchev–Trinajstić information content (AvgIpc) is 2.45. The van der Waals surface area contributed by atoms with Gasteiger partial charge >= 0.3 is 5.97 Å². The first-order valence-electron chi connectivity index (χ1n) is 5.83. The Morgan fingerprint density at radius 2 is 2.05 bits per heavy atom. The smallest absolute Gasteiger partial charge is 0.312 e. The third-order valence-corrected chi connectivity index (χ3v) is 2.78. The van der Waals surface area contributed by atoms with E-state index in [1.165, 1.54) is 19.5 Å². The van der Waals surface area contributed by atoms with Gasteiger partial charge in [0.15, 0.2) is 0 Å². The van der Waals surface area contributed by atoms with Gasteiger partial charge < -0.3 is 9.84 Å². The standard InChI is InChI=1S/C14H14N2O3/c1-19-13-9-15-8-12(16-13)11(14(17)18)7-10-5-3-2-4-6-10/h2-6,8-9,11H,7H2,1H3,(H,17,18). The summed E-state index contributed by atoms with van der Waals surface area (Å²) in [6.07, 6.45) is 3.28. The number of aromatic nitrogens is 2. The van der Waals surface area contributed by atoms with E-state index < -0.39 is 11.9 Å². The van der Waals surface area contributed by atoms with Crippen LogP contribution in [0.2, 0.25) is 0 Å². The van der Waals surface area contributed by atoms with Gasteiger partial charge in [0.2, 0.25) is 5.88 Å². The Labute approximate surface area is 110 Å². The first-order chi connectivity index (χ1) is 9.20. The average molecular weight is 258 g/mol. The molecule has 5 heteroatoms. The minimum atomic E-state index is -0.925. The van der Waals surface area contributed by atoms with Gasteiger partial charge in [0.05, 0.1) is 19.0 Å². The Morgan fingerprint density at radius 3 is 2.68 bits per heavy atom. The van der Waals surface area contributed by atoms with Crippen molar-refractivity contribution in [2.45, 2.75) is 12.3 Å². The van der Waals surface area contributed by atoms with Gasteiger partial charge in [0.25, 0.3) is 0 Å². The molecule has 0 fully saturated rings. The summed E-state index contributed by atoms with van der Waals surface area (Å²) in [5, 5.41) is 9.34. The molecule has 1 aromatic carbocycles. The zero-order valence-corrected chi connectivity index (χ0v) is 10.5. The molecule has 0 amide bonds. The molecule has 1 N–H and O–H groups in total. The highest BCUT2D eigenvalue weighted by molar-refractivity contribution is 5.75. The number of carbonyl (C=O) groups is 1. The summed E-state index contributed by atoms with van der Waals surface area (Å²) < 4.78 is 4.97. The maximum Gasteiger partial charge on any atom is 0.312 e. The normalized spacial score (nSPS) is 11.8. The summed E-state index contributed by atoms with van der Waals surface area (Å²) in [5.41, 5.74) is 1.34. The van der Waals surface area contributed by atoms with Crippen molar-refractivity contribution >= 4 is 5.97 Å². The molecule has 0 spiro atoms. The third-order valence-electron chi connectivity index (χ3n) is 2.78. The van der Waals surface area contributed by atoms with Crippen LogP contribution in [0.3, 0.4) is 0 Å². The molecule has 1 aromatic heterocycles. The highest BCUT2D eigenvalue weighted by Gasteiger charge is 2.22. The molecule has 19 heavy (non-hydrogen) atoms. The zero-order chi connectivity index (χ0) is 13.7. The highest BCUT2D eigenvalue weighted by Crippen LogP contribution is 2.20. The molecule has 0 bridgehead atoms. The maximum atomic E-state index is 11.4. The lowest BCUT2D eigenvalue weighted by Crippen LogP contribution is -2.16. The second kappa shape index (κ2) is 5.95. The second-order valence-electron chi connectivity index (χ2n) is 4.07. The number of hydrogen-bond acceptors (Lipinski definition) is 4. The summed E-state index contributed by atoms with van der Waals surface area (Å²) in [6, 6.07) is 9.44. The maximum absolute atomic E-state index is 11.4. The molecule has 1 heterocycles. The van der Waals surface area contributed by atoms with E-state index in [4.69, 9.17) is 4.74 Å². The van der Waals surface area contributed by atoms with E-state index in [0.29, 0.717) is 18.0 Å². The molecule has 0 radical (unpaired) electrons.